The number of halogens is 1. The Morgan fingerprint density at radius 3 is 2.45 bits per heavy atom. The van der Waals surface area contributed by atoms with E-state index in [2.05, 4.69) is 6.07 Å². The third-order valence-electron chi connectivity index (χ3n) is 6.79. The van der Waals surface area contributed by atoms with E-state index < -0.39 is 17.5 Å². The Kier molecular flexibility index (Phi) is 7.09. The molecule has 0 aliphatic carbocycles. The van der Waals surface area contributed by atoms with Crippen molar-refractivity contribution < 1.29 is 23.4 Å². The van der Waals surface area contributed by atoms with Crippen LogP contribution in [0.1, 0.15) is 33.0 Å². The lowest BCUT2D eigenvalue weighted by Gasteiger charge is -2.26. The Hall–Kier alpha value is -5.52. The van der Waals surface area contributed by atoms with Gasteiger partial charge >= 0.3 is 11.6 Å². The number of benzene rings is 4. The zero-order valence-corrected chi connectivity index (χ0v) is 22.6. The lowest BCUT2D eigenvalue weighted by atomic mass is 9.83. The molecule has 0 saturated carbocycles. The molecule has 0 bridgehead atoms. The fourth-order valence-electron chi connectivity index (χ4n) is 4.71. The summed E-state index contributed by atoms with van der Waals surface area (Å²) in [6.07, 6.45) is 0. The van der Waals surface area contributed by atoms with Crippen molar-refractivity contribution in [2.24, 2.45) is 5.73 Å². The van der Waals surface area contributed by atoms with E-state index in [0.29, 0.717) is 39.7 Å². The molecule has 206 valence electrons. The van der Waals surface area contributed by atoms with Gasteiger partial charge in [0.1, 0.15) is 46.6 Å². The number of ether oxygens (including phenoxy) is 3. The quantitative estimate of drug-likeness (QED) is 0.139. The molecular weight excluding hydrogens is 556 g/mol. The number of nitrogens with zero attached hydrogens (tertiary/aromatic N) is 1. The van der Waals surface area contributed by atoms with Gasteiger partial charge in [0.2, 0.25) is 5.88 Å². The van der Waals surface area contributed by atoms with E-state index in [4.69, 9.17) is 36.0 Å². The first-order valence-electron chi connectivity index (χ1n) is 12.8. The summed E-state index contributed by atoms with van der Waals surface area (Å²) in [4.78, 5) is 25.3. The zero-order chi connectivity index (χ0) is 29.2. The van der Waals surface area contributed by atoms with Crippen LogP contribution in [0.4, 0.5) is 0 Å². The number of carbonyl (C=O) groups excluding carboxylic acids is 1. The molecule has 42 heavy (non-hydrogen) atoms. The van der Waals surface area contributed by atoms with E-state index in [-0.39, 0.29) is 22.8 Å². The maximum atomic E-state index is 12.9. The van der Waals surface area contributed by atoms with Crippen molar-refractivity contribution in [1.29, 1.82) is 5.26 Å². The van der Waals surface area contributed by atoms with Crippen LogP contribution >= 0.6 is 11.6 Å². The zero-order valence-electron chi connectivity index (χ0n) is 21.9. The second-order valence-electron chi connectivity index (χ2n) is 9.48. The fraction of sp³-hybridized carbons (Fsp3) is 0.0606. The van der Waals surface area contributed by atoms with Crippen molar-refractivity contribution in [2.45, 2.75) is 12.5 Å². The summed E-state index contributed by atoms with van der Waals surface area (Å²) in [5, 5.41) is 11.1. The van der Waals surface area contributed by atoms with Gasteiger partial charge in [-0.1, -0.05) is 60.1 Å². The molecule has 0 spiro atoms. The number of carbonyl (C=O) groups is 1. The monoisotopic (exact) mass is 576 g/mol. The predicted molar refractivity (Wildman–Crippen MR) is 155 cm³/mol. The van der Waals surface area contributed by atoms with Gasteiger partial charge in [-0.05, 0) is 53.6 Å². The summed E-state index contributed by atoms with van der Waals surface area (Å²) in [7, 11) is 0. The Balaban J connectivity index is 1.24. The average molecular weight is 577 g/mol. The van der Waals surface area contributed by atoms with Crippen molar-refractivity contribution in [1.82, 2.24) is 0 Å². The third-order valence-corrected chi connectivity index (χ3v) is 7.05. The van der Waals surface area contributed by atoms with Gasteiger partial charge in [-0.3, -0.25) is 0 Å². The van der Waals surface area contributed by atoms with E-state index >= 15 is 0 Å². The summed E-state index contributed by atoms with van der Waals surface area (Å²) in [6, 6.07) is 29.9. The molecule has 2 N–H and O–H groups in total. The van der Waals surface area contributed by atoms with Gasteiger partial charge in [0, 0.05) is 22.0 Å². The lowest BCUT2D eigenvalue weighted by Crippen LogP contribution is -2.21. The van der Waals surface area contributed by atoms with Gasteiger partial charge in [-0.15, -0.1) is 0 Å². The molecule has 0 radical (unpaired) electrons. The van der Waals surface area contributed by atoms with Gasteiger partial charge < -0.3 is 24.4 Å². The standard InChI is InChI=1S/C33H21ClN2O6/c34-22-9-5-19(6-10-22)18-39-23-11-7-20(8-12-23)30-25-14-13-24(16-29(25)41-31(36)27(30)17-35)40-32(37)26-15-21-3-1-2-4-28(21)42-33(26)38/h1-16,30H,18,36H2. The van der Waals surface area contributed by atoms with Gasteiger partial charge in [0.15, 0.2) is 0 Å². The highest BCUT2D eigenvalue weighted by atomic mass is 35.5. The van der Waals surface area contributed by atoms with Gasteiger partial charge in [-0.2, -0.15) is 5.26 Å². The maximum Gasteiger partial charge on any atom is 0.351 e. The summed E-state index contributed by atoms with van der Waals surface area (Å²) in [5.74, 6) is -0.369. The molecule has 0 amide bonds. The summed E-state index contributed by atoms with van der Waals surface area (Å²) < 4.78 is 22.4. The molecular formula is C33H21ClN2O6. The van der Waals surface area contributed by atoms with Crippen LogP contribution in [-0.4, -0.2) is 5.97 Å². The van der Waals surface area contributed by atoms with Crippen LogP contribution < -0.4 is 25.6 Å². The molecule has 9 heteroatoms. The largest absolute Gasteiger partial charge is 0.489 e. The summed E-state index contributed by atoms with van der Waals surface area (Å²) in [5.41, 5.74) is 8.12. The molecule has 0 saturated heterocycles. The molecule has 5 aromatic rings. The number of allylic oxidation sites excluding steroid dienone is 1. The first-order chi connectivity index (χ1) is 20.4. The Morgan fingerprint density at radius 1 is 0.952 bits per heavy atom. The molecule has 0 fully saturated rings. The van der Waals surface area contributed by atoms with Crippen LogP contribution in [-0.2, 0) is 6.61 Å². The minimum absolute atomic E-state index is 0.0586. The highest BCUT2D eigenvalue weighted by molar-refractivity contribution is 6.30. The first-order valence-corrected chi connectivity index (χ1v) is 13.2. The normalized spacial score (nSPS) is 14.0. The van der Waals surface area contributed by atoms with Crippen molar-refractivity contribution in [3.63, 3.8) is 0 Å². The number of hydrogen-bond acceptors (Lipinski definition) is 8. The molecule has 2 heterocycles. The topological polar surface area (TPSA) is 125 Å². The van der Waals surface area contributed by atoms with Crippen molar-refractivity contribution >= 4 is 28.5 Å². The van der Waals surface area contributed by atoms with Gasteiger partial charge in [0.25, 0.3) is 0 Å². The van der Waals surface area contributed by atoms with Crippen LogP contribution in [0.5, 0.6) is 17.2 Å². The second kappa shape index (κ2) is 11.2. The molecule has 1 aliphatic heterocycles. The molecule has 8 nitrogen and oxygen atoms in total. The fourth-order valence-corrected chi connectivity index (χ4v) is 4.84. The Morgan fingerprint density at radius 2 is 1.69 bits per heavy atom. The SMILES string of the molecule is N#CC1=C(N)Oc2cc(OC(=O)c3cc4ccccc4oc3=O)ccc2C1c1ccc(OCc2ccc(Cl)cc2)cc1. The molecule has 4 aromatic carbocycles. The van der Waals surface area contributed by atoms with Crippen molar-refractivity contribution in [2.75, 3.05) is 0 Å². The highest BCUT2D eigenvalue weighted by Crippen LogP contribution is 2.43. The molecule has 1 aliphatic rings. The van der Waals surface area contributed by atoms with Gasteiger partial charge in [-0.25, -0.2) is 9.59 Å². The first kappa shape index (κ1) is 26.7. The third kappa shape index (κ3) is 5.29. The minimum Gasteiger partial charge on any atom is -0.489 e. The Bertz CT molecular complexity index is 1960. The van der Waals surface area contributed by atoms with E-state index in [1.54, 1.807) is 48.5 Å². The second-order valence-corrected chi connectivity index (χ2v) is 9.92. The number of fused-ring (bicyclic) bond motifs is 2. The number of para-hydroxylation sites is 1. The van der Waals surface area contributed by atoms with Crippen LogP contribution in [0.25, 0.3) is 11.0 Å². The van der Waals surface area contributed by atoms with Crippen LogP contribution in [0.3, 0.4) is 0 Å². The van der Waals surface area contributed by atoms with Crippen LogP contribution in [0.15, 0.2) is 118 Å². The maximum absolute atomic E-state index is 12.9. The van der Waals surface area contributed by atoms with E-state index in [0.717, 1.165) is 11.1 Å². The number of nitrogens with two attached hydrogens (primary N) is 1. The average Bonchev–Trinajstić information content (AvgIpc) is 3.00. The summed E-state index contributed by atoms with van der Waals surface area (Å²) in [6.45, 7) is 0.371. The van der Waals surface area contributed by atoms with Crippen LogP contribution in [0.2, 0.25) is 5.02 Å². The number of esters is 1. The van der Waals surface area contributed by atoms with Crippen LogP contribution in [0, 0.1) is 11.3 Å². The van der Waals surface area contributed by atoms with Crippen molar-refractivity contribution in [3.05, 3.63) is 146 Å². The molecule has 1 aromatic heterocycles. The molecule has 1 unspecified atom stereocenters. The summed E-state index contributed by atoms with van der Waals surface area (Å²) >= 11 is 5.95. The Labute approximate surface area is 244 Å². The van der Waals surface area contributed by atoms with E-state index in [1.807, 2.05) is 36.4 Å². The lowest BCUT2D eigenvalue weighted by molar-refractivity contribution is 0.0730. The number of hydrogen-bond donors (Lipinski definition) is 1. The highest BCUT2D eigenvalue weighted by Gasteiger charge is 2.31. The molecule has 6 rings (SSSR count). The minimum atomic E-state index is -0.878. The molecule has 1 atom stereocenters. The number of nitriles is 1. The van der Waals surface area contributed by atoms with E-state index in [1.165, 1.54) is 12.1 Å². The number of rotatable bonds is 6. The predicted octanol–water partition coefficient (Wildman–Crippen LogP) is 6.46. The van der Waals surface area contributed by atoms with E-state index in [9.17, 15) is 14.9 Å². The van der Waals surface area contributed by atoms with Gasteiger partial charge in [0.05, 0.1) is 5.92 Å². The smallest absolute Gasteiger partial charge is 0.351 e. The van der Waals surface area contributed by atoms with Crippen molar-refractivity contribution in [3.8, 4) is 23.3 Å².